The highest BCUT2D eigenvalue weighted by Crippen LogP contribution is 2.46. The van der Waals surface area contributed by atoms with E-state index < -0.39 is 11.8 Å². The van der Waals surface area contributed by atoms with Crippen LogP contribution in [-0.2, 0) is 6.61 Å². The van der Waals surface area contributed by atoms with Gasteiger partial charge >= 0.3 is 5.97 Å². The van der Waals surface area contributed by atoms with E-state index in [0.29, 0.717) is 43.8 Å². The molecule has 196 valence electrons. The minimum absolute atomic E-state index is 0.00464. The molecule has 1 N–H and O–H groups in total. The van der Waals surface area contributed by atoms with E-state index in [1.54, 1.807) is 42.5 Å². The van der Waals surface area contributed by atoms with Gasteiger partial charge in [-0.05, 0) is 54.6 Å². The average Bonchev–Trinajstić information content (AvgIpc) is 3.69. The molecule has 0 spiro atoms. The van der Waals surface area contributed by atoms with Crippen molar-refractivity contribution in [2.75, 3.05) is 0 Å². The zero-order valence-corrected chi connectivity index (χ0v) is 21.7. The van der Waals surface area contributed by atoms with Gasteiger partial charge in [-0.15, -0.1) is 0 Å². The van der Waals surface area contributed by atoms with E-state index in [-0.39, 0.29) is 35.1 Å². The molecule has 10 heteroatoms. The van der Waals surface area contributed by atoms with Crippen molar-refractivity contribution in [3.8, 4) is 28.6 Å². The maximum atomic E-state index is 15.6. The molecule has 3 aromatic carbocycles. The van der Waals surface area contributed by atoms with Crippen LogP contribution in [0.5, 0.6) is 17.4 Å². The first-order chi connectivity index (χ1) is 18.9. The van der Waals surface area contributed by atoms with Crippen LogP contribution >= 0.6 is 23.2 Å². The molecular formula is C29H19Cl2FN2O5. The third kappa shape index (κ3) is 5.01. The van der Waals surface area contributed by atoms with Gasteiger partial charge in [0.15, 0.2) is 11.6 Å². The van der Waals surface area contributed by atoms with Crippen LogP contribution in [0, 0.1) is 5.82 Å². The van der Waals surface area contributed by atoms with Gasteiger partial charge in [0.2, 0.25) is 5.88 Å². The van der Waals surface area contributed by atoms with Crippen LogP contribution in [0.15, 0.2) is 71.4 Å². The van der Waals surface area contributed by atoms with Crippen molar-refractivity contribution in [3.05, 3.63) is 99.6 Å². The highest BCUT2D eigenvalue weighted by Gasteiger charge is 2.34. The largest absolute Gasteiger partial charge is 0.486 e. The summed E-state index contributed by atoms with van der Waals surface area (Å²) in [6, 6.07) is 16.2. The normalized spacial score (nSPS) is 13.0. The summed E-state index contributed by atoms with van der Waals surface area (Å²) in [4.78, 5) is 15.0. The molecule has 0 bridgehead atoms. The third-order valence-corrected chi connectivity index (χ3v) is 7.07. The van der Waals surface area contributed by atoms with Crippen LogP contribution in [0.4, 0.5) is 4.39 Å². The van der Waals surface area contributed by atoms with E-state index in [1.807, 2.05) is 0 Å². The summed E-state index contributed by atoms with van der Waals surface area (Å²) in [6.45, 7) is 0.00464. The smallest absolute Gasteiger partial charge is 0.337 e. The monoisotopic (exact) mass is 564 g/mol. The molecule has 2 heterocycles. The molecule has 39 heavy (non-hydrogen) atoms. The van der Waals surface area contributed by atoms with Gasteiger partial charge in [0.25, 0.3) is 0 Å². The minimum Gasteiger partial charge on any atom is -0.486 e. The summed E-state index contributed by atoms with van der Waals surface area (Å²) in [5.74, 6) is -0.175. The van der Waals surface area contributed by atoms with Crippen molar-refractivity contribution in [2.24, 2.45) is 0 Å². The first-order valence-corrected chi connectivity index (χ1v) is 12.8. The topological polar surface area (TPSA) is 94.7 Å². The number of carboxylic acid groups (broad SMARTS) is 1. The number of rotatable bonds is 8. The molecule has 0 radical (unpaired) electrons. The first kappa shape index (κ1) is 25.2. The fourth-order valence-electron chi connectivity index (χ4n) is 4.30. The lowest BCUT2D eigenvalue weighted by atomic mass is 10.0. The number of aromatic nitrogens is 2. The van der Waals surface area contributed by atoms with Gasteiger partial charge < -0.3 is 19.1 Å². The van der Waals surface area contributed by atoms with Crippen molar-refractivity contribution in [3.63, 3.8) is 0 Å². The van der Waals surface area contributed by atoms with Crippen molar-refractivity contribution in [1.82, 2.24) is 10.1 Å². The second-order valence-electron chi connectivity index (χ2n) is 9.09. The van der Waals surface area contributed by atoms with Crippen LogP contribution in [0.3, 0.4) is 0 Å². The van der Waals surface area contributed by atoms with Crippen molar-refractivity contribution in [1.29, 1.82) is 0 Å². The molecule has 0 aliphatic heterocycles. The number of benzene rings is 3. The Labute approximate surface area is 231 Å². The number of pyridine rings is 1. The van der Waals surface area contributed by atoms with Gasteiger partial charge in [0, 0.05) is 29.1 Å². The number of hydrogen-bond donors (Lipinski definition) is 1. The van der Waals surface area contributed by atoms with E-state index >= 15 is 4.39 Å². The van der Waals surface area contributed by atoms with E-state index in [9.17, 15) is 4.79 Å². The second kappa shape index (κ2) is 10.2. The Kier molecular flexibility index (Phi) is 6.58. The molecule has 0 saturated heterocycles. The number of nitrogens with zero attached hydrogens (tertiary/aromatic N) is 2. The summed E-state index contributed by atoms with van der Waals surface area (Å²) in [5, 5.41) is 15.1. The number of carboxylic acids is 1. The zero-order chi connectivity index (χ0) is 27.1. The van der Waals surface area contributed by atoms with E-state index in [2.05, 4.69) is 10.1 Å². The minimum atomic E-state index is -1.09. The molecule has 0 unspecified atom stereocenters. The van der Waals surface area contributed by atoms with Gasteiger partial charge in [-0.3, -0.25) is 0 Å². The van der Waals surface area contributed by atoms with Gasteiger partial charge in [0.05, 0.1) is 21.2 Å². The molecule has 5 aromatic rings. The van der Waals surface area contributed by atoms with E-state index in [1.165, 1.54) is 24.4 Å². The lowest BCUT2D eigenvalue weighted by Gasteiger charge is -2.12. The lowest BCUT2D eigenvalue weighted by Crippen LogP contribution is -2.01. The molecule has 1 aliphatic carbocycles. The number of halogens is 3. The molecule has 6 rings (SSSR count). The van der Waals surface area contributed by atoms with Crippen LogP contribution in [0.1, 0.15) is 40.4 Å². The number of ether oxygens (including phenoxy) is 2. The molecule has 7 nitrogen and oxygen atoms in total. The van der Waals surface area contributed by atoms with Crippen LogP contribution < -0.4 is 9.47 Å². The Morgan fingerprint density at radius 3 is 2.54 bits per heavy atom. The van der Waals surface area contributed by atoms with Crippen LogP contribution in [0.25, 0.3) is 22.0 Å². The molecular weight excluding hydrogens is 546 g/mol. The Morgan fingerprint density at radius 2 is 1.85 bits per heavy atom. The SMILES string of the molecule is O=C(O)c1ccc(Oc2ccc3ccc(OCc4c(-c5c(Cl)cccc5Cl)noc4C4CC4)c(F)c3c2)nc1. The number of fused-ring (bicyclic) bond motifs is 1. The standard InChI is InChI=1S/C29H19Cl2FN2O5/c30-21-2-1-3-22(31)25(21)27-20(28(39-34-27)16-4-5-16)14-37-23-10-7-15-6-9-18(12-19(15)26(23)32)38-24-11-8-17(13-33-24)29(35)36/h1-3,6-13,16H,4-5,14H2,(H,35,36). The summed E-state index contributed by atoms with van der Waals surface area (Å²) in [5.41, 5.74) is 1.73. The van der Waals surface area contributed by atoms with E-state index in [0.717, 1.165) is 12.8 Å². The van der Waals surface area contributed by atoms with Crippen molar-refractivity contribution >= 4 is 39.9 Å². The lowest BCUT2D eigenvalue weighted by molar-refractivity contribution is 0.0696. The maximum Gasteiger partial charge on any atom is 0.337 e. The van der Waals surface area contributed by atoms with Crippen LogP contribution in [-0.4, -0.2) is 21.2 Å². The van der Waals surface area contributed by atoms with E-state index in [4.69, 9.17) is 42.3 Å². The van der Waals surface area contributed by atoms with Gasteiger partial charge in [-0.2, -0.15) is 0 Å². The Balaban J connectivity index is 1.29. The number of carbonyl (C=O) groups is 1. The first-order valence-electron chi connectivity index (χ1n) is 12.0. The zero-order valence-electron chi connectivity index (χ0n) is 20.2. The van der Waals surface area contributed by atoms with Crippen molar-refractivity contribution in [2.45, 2.75) is 25.4 Å². The highest BCUT2D eigenvalue weighted by molar-refractivity contribution is 6.39. The summed E-state index contributed by atoms with van der Waals surface area (Å²) >= 11 is 12.9. The molecule has 0 atom stereocenters. The van der Waals surface area contributed by atoms with Crippen molar-refractivity contribution < 1.29 is 28.3 Å². The number of aromatic carboxylic acids is 1. The fraction of sp³-hybridized carbons (Fsp3) is 0.138. The Morgan fingerprint density at radius 1 is 1.08 bits per heavy atom. The molecule has 0 amide bonds. The highest BCUT2D eigenvalue weighted by atomic mass is 35.5. The molecule has 2 aromatic heterocycles. The Bertz CT molecular complexity index is 1700. The van der Waals surface area contributed by atoms with Crippen LogP contribution in [0.2, 0.25) is 10.0 Å². The van der Waals surface area contributed by atoms with Gasteiger partial charge in [-0.1, -0.05) is 46.6 Å². The molecule has 1 saturated carbocycles. The molecule has 1 fully saturated rings. The number of hydrogen-bond acceptors (Lipinski definition) is 6. The summed E-state index contributed by atoms with van der Waals surface area (Å²) in [6.07, 6.45) is 3.13. The fourth-order valence-corrected chi connectivity index (χ4v) is 4.88. The second-order valence-corrected chi connectivity index (χ2v) is 9.90. The maximum absolute atomic E-state index is 15.6. The quantitative estimate of drug-likeness (QED) is 0.202. The summed E-state index contributed by atoms with van der Waals surface area (Å²) in [7, 11) is 0. The Hall–Kier alpha value is -4.14. The van der Waals surface area contributed by atoms with Gasteiger partial charge in [0.1, 0.15) is 23.8 Å². The third-order valence-electron chi connectivity index (χ3n) is 6.44. The predicted octanol–water partition coefficient (Wildman–Crippen LogP) is 8.28. The average molecular weight is 565 g/mol. The summed E-state index contributed by atoms with van der Waals surface area (Å²) < 4.78 is 33.0. The van der Waals surface area contributed by atoms with Gasteiger partial charge in [-0.25, -0.2) is 14.2 Å². The molecule has 1 aliphatic rings. The predicted molar refractivity (Wildman–Crippen MR) is 143 cm³/mol.